The van der Waals surface area contributed by atoms with Crippen molar-refractivity contribution in [3.05, 3.63) is 85.1 Å². The summed E-state index contributed by atoms with van der Waals surface area (Å²) in [7, 11) is 0. The Labute approximate surface area is 407 Å². The van der Waals surface area contributed by atoms with E-state index < -0.39 is 6.10 Å². The Bertz CT molecular complexity index is 1290. The lowest BCUT2D eigenvalue weighted by Gasteiger charge is -2.18. The van der Waals surface area contributed by atoms with Gasteiger partial charge in [0.15, 0.2) is 6.10 Å². The van der Waals surface area contributed by atoms with Gasteiger partial charge in [-0.15, -0.1) is 0 Å². The number of rotatable bonds is 49. The van der Waals surface area contributed by atoms with Gasteiger partial charge in [0, 0.05) is 19.3 Å². The molecule has 0 aliphatic heterocycles. The number of hydrogen-bond acceptors (Lipinski definition) is 6. The predicted octanol–water partition coefficient (Wildman–Crippen LogP) is 18.4. The molecule has 0 rings (SSSR count). The maximum atomic E-state index is 12.7. The maximum absolute atomic E-state index is 12.7. The molecule has 6 nitrogen and oxygen atoms in total. The highest BCUT2D eigenvalue weighted by atomic mass is 16.6. The molecule has 0 heterocycles. The van der Waals surface area contributed by atoms with E-state index in [1.807, 2.05) is 0 Å². The summed E-state index contributed by atoms with van der Waals surface area (Å²) < 4.78 is 16.7. The monoisotopic (exact) mass is 919 g/mol. The number of unbranched alkanes of at least 4 members (excludes halogenated alkanes) is 24. The van der Waals surface area contributed by atoms with Crippen molar-refractivity contribution in [2.45, 2.75) is 264 Å². The molecule has 0 fully saturated rings. The number of hydrogen-bond donors (Lipinski definition) is 0. The van der Waals surface area contributed by atoms with Gasteiger partial charge >= 0.3 is 17.9 Å². The third kappa shape index (κ3) is 51.6. The quantitative estimate of drug-likeness (QED) is 0.0262. The van der Waals surface area contributed by atoms with Crippen molar-refractivity contribution in [2.75, 3.05) is 13.2 Å². The van der Waals surface area contributed by atoms with Gasteiger partial charge in [-0.3, -0.25) is 14.4 Å². The smallest absolute Gasteiger partial charge is 0.306 e. The molecule has 0 aromatic carbocycles. The molecule has 0 spiro atoms. The van der Waals surface area contributed by atoms with E-state index in [0.29, 0.717) is 19.3 Å². The molecule has 0 aliphatic carbocycles. The number of carbonyl (C=O) groups excluding carboxylic acids is 3. The zero-order valence-electron chi connectivity index (χ0n) is 43.2. The Kier molecular flexibility index (Phi) is 51.4. The molecule has 0 bridgehead atoms. The Hall–Kier alpha value is -3.41. The average Bonchev–Trinajstić information content (AvgIpc) is 3.31. The van der Waals surface area contributed by atoms with Crippen molar-refractivity contribution in [1.29, 1.82) is 0 Å². The molecule has 0 radical (unpaired) electrons. The normalized spacial score (nSPS) is 12.7. The topological polar surface area (TPSA) is 78.9 Å². The SMILES string of the molecule is CC/C=C\C/C=C\C/C=C\C/C=C\C/C=C\CCCC(=O)OC(COC(=O)CCCCCCCC)COC(=O)CCCCCCCCCCCCCCC/C=C\C/C=C\CCCCCCC. The van der Waals surface area contributed by atoms with Crippen LogP contribution in [0.1, 0.15) is 258 Å². The first kappa shape index (κ1) is 62.6. The summed E-state index contributed by atoms with van der Waals surface area (Å²) >= 11 is 0. The Morgan fingerprint density at radius 2 is 0.606 bits per heavy atom. The van der Waals surface area contributed by atoms with Crippen LogP contribution in [0, 0.1) is 0 Å². The first-order chi connectivity index (χ1) is 32.5. The lowest BCUT2D eigenvalue weighted by Crippen LogP contribution is -2.30. The van der Waals surface area contributed by atoms with E-state index in [4.69, 9.17) is 14.2 Å². The van der Waals surface area contributed by atoms with Gasteiger partial charge in [-0.25, -0.2) is 0 Å². The van der Waals surface area contributed by atoms with Crippen LogP contribution in [0.25, 0.3) is 0 Å². The van der Waals surface area contributed by atoms with Gasteiger partial charge in [0.25, 0.3) is 0 Å². The van der Waals surface area contributed by atoms with Gasteiger partial charge in [-0.1, -0.05) is 234 Å². The standard InChI is InChI=1S/C60H102O6/c1-4-7-10-13-16-18-20-22-24-26-27-28-29-30-31-32-33-35-36-38-40-42-44-47-50-53-59(62)65-56-57(55-64-58(61)52-49-46-15-12-9-6-3)66-60(63)54-51-48-45-43-41-39-37-34-25-23-21-19-17-14-11-8-5-2/h8,11,17,19-20,22-23,25-27,37,39,43,45,57H,4-7,9-10,12-16,18,21,24,28-36,38,40-42,44,46-56H2,1-3H3/b11-8-,19-17-,22-20-,25-23-,27-26-,39-37-,45-43-. The summed E-state index contributed by atoms with van der Waals surface area (Å²) in [6.45, 7) is 6.41. The second-order valence-electron chi connectivity index (χ2n) is 18.1. The van der Waals surface area contributed by atoms with Crippen LogP contribution in [0.5, 0.6) is 0 Å². The van der Waals surface area contributed by atoms with Crippen molar-refractivity contribution in [2.24, 2.45) is 0 Å². The van der Waals surface area contributed by atoms with Gasteiger partial charge in [-0.05, 0) is 89.9 Å². The minimum atomic E-state index is -0.803. The molecule has 0 aromatic heterocycles. The third-order valence-electron chi connectivity index (χ3n) is 11.6. The van der Waals surface area contributed by atoms with Crippen molar-refractivity contribution in [3.8, 4) is 0 Å². The van der Waals surface area contributed by atoms with E-state index in [2.05, 4.69) is 106 Å². The van der Waals surface area contributed by atoms with E-state index in [1.165, 1.54) is 128 Å². The molecule has 1 atom stereocenters. The van der Waals surface area contributed by atoms with Crippen molar-refractivity contribution < 1.29 is 28.6 Å². The van der Waals surface area contributed by atoms with Crippen LogP contribution < -0.4 is 0 Å². The van der Waals surface area contributed by atoms with Crippen molar-refractivity contribution in [3.63, 3.8) is 0 Å². The van der Waals surface area contributed by atoms with E-state index in [9.17, 15) is 14.4 Å². The molecule has 66 heavy (non-hydrogen) atoms. The second kappa shape index (κ2) is 54.2. The van der Waals surface area contributed by atoms with Crippen LogP contribution in [0.15, 0.2) is 85.1 Å². The van der Waals surface area contributed by atoms with E-state index in [-0.39, 0.29) is 37.5 Å². The molecular formula is C60H102O6. The van der Waals surface area contributed by atoms with Crippen molar-refractivity contribution >= 4 is 17.9 Å². The van der Waals surface area contributed by atoms with Crippen LogP contribution in [-0.4, -0.2) is 37.2 Å². The van der Waals surface area contributed by atoms with Gasteiger partial charge in [-0.2, -0.15) is 0 Å². The molecule has 0 saturated heterocycles. The van der Waals surface area contributed by atoms with Crippen LogP contribution in [0.2, 0.25) is 0 Å². The minimum absolute atomic E-state index is 0.0988. The zero-order valence-corrected chi connectivity index (χ0v) is 43.2. The van der Waals surface area contributed by atoms with E-state index in [0.717, 1.165) is 83.5 Å². The fraction of sp³-hybridized carbons (Fsp3) is 0.717. The largest absolute Gasteiger partial charge is 0.462 e. The van der Waals surface area contributed by atoms with Gasteiger partial charge in [0.05, 0.1) is 0 Å². The average molecular weight is 919 g/mol. The van der Waals surface area contributed by atoms with Crippen LogP contribution in [0.3, 0.4) is 0 Å². The summed E-state index contributed by atoms with van der Waals surface area (Å²) in [6, 6.07) is 0. The van der Waals surface area contributed by atoms with Crippen LogP contribution in [-0.2, 0) is 28.6 Å². The van der Waals surface area contributed by atoms with Crippen LogP contribution >= 0.6 is 0 Å². The number of allylic oxidation sites excluding steroid dienone is 14. The summed E-state index contributed by atoms with van der Waals surface area (Å²) in [4.78, 5) is 37.8. The highest BCUT2D eigenvalue weighted by Crippen LogP contribution is 2.15. The molecular weight excluding hydrogens is 817 g/mol. The van der Waals surface area contributed by atoms with Gasteiger partial charge in [0.2, 0.25) is 0 Å². The third-order valence-corrected chi connectivity index (χ3v) is 11.6. The summed E-state index contributed by atoms with van der Waals surface area (Å²) in [5, 5.41) is 0. The van der Waals surface area contributed by atoms with Gasteiger partial charge in [0.1, 0.15) is 13.2 Å². The maximum Gasteiger partial charge on any atom is 0.306 e. The Morgan fingerprint density at radius 3 is 0.970 bits per heavy atom. The number of carbonyl (C=O) groups is 3. The molecule has 1 unspecified atom stereocenters. The highest BCUT2D eigenvalue weighted by molar-refractivity contribution is 5.71. The fourth-order valence-corrected chi connectivity index (χ4v) is 7.51. The summed E-state index contributed by atoms with van der Waals surface area (Å²) in [5.41, 5.74) is 0. The van der Waals surface area contributed by atoms with Gasteiger partial charge < -0.3 is 14.2 Å². The summed E-state index contributed by atoms with van der Waals surface area (Å²) in [6.07, 6.45) is 70.4. The molecule has 0 saturated carbocycles. The van der Waals surface area contributed by atoms with Crippen molar-refractivity contribution in [1.82, 2.24) is 0 Å². The molecule has 6 heteroatoms. The molecule has 0 N–H and O–H groups in total. The lowest BCUT2D eigenvalue weighted by molar-refractivity contribution is -0.167. The minimum Gasteiger partial charge on any atom is -0.462 e. The fourth-order valence-electron chi connectivity index (χ4n) is 7.51. The Morgan fingerprint density at radius 1 is 0.318 bits per heavy atom. The first-order valence-electron chi connectivity index (χ1n) is 27.6. The first-order valence-corrected chi connectivity index (χ1v) is 27.6. The molecule has 0 aromatic rings. The van der Waals surface area contributed by atoms with E-state index in [1.54, 1.807) is 0 Å². The molecule has 0 amide bonds. The van der Waals surface area contributed by atoms with Crippen LogP contribution in [0.4, 0.5) is 0 Å². The Balaban J connectivity index is 4.19. The lowest BCUT2D eigenvalue weighted by atomic mass is 10.0. The second-order valence-corrected chi connectivity index (χ2v) is 18.1. The highest BCUT2D eigenvalue weighted by Gasteiger charge is 2.19. The predicted molar refractivity (Wildman–Crippen MR) is 284 cm³/mol. The van der Waals surface area contributed by atoms with E-state index >= 15 is 0 Å². The molecule has 378 valence electrons. The summed E-state index contributed by atoms with van der Waals surface area (Å²) in [5.74, 6) is -0.967. The molecule has 0 aliphatic rings. The zero-order chi connectivity index (χ0) is 47.9. The number of esters is 3. The number of ether oxygens (including phenoxy) is 3.